The van der Waals surface area contributed by atoms with Crippen LogP contribution in [0.1, 0.15) is 42.9 Å². The monoisotopic (exact) mass is 254 g/mol. The molecule has 1 unspecified atom stereocenters. The predicted molar refractivity (Wildman–Crippen MR) is 68.6 cm³/mol. The smallest absolute Gasteiger partial charge is 0.263 e. The van der Waals surface area contributed by atoms with Gasteiger partial charge in [-0.3, -0.25) is 4.90 Å². The number of nitrogens with two attached hydrogens (primary N) is 1. The van der Waals surface area contributed by atoms with Gasteiger partial charge in [-0.25, -0.2) is 8.78 Å². The van der Waals surface area contributed by atoms with Gasteiger partial charge >= 0.3 is 0 Å². The molecule has 0 aromatic heterocycles. The summed E-state index contributed by atoms with van der Waals surface area (Å²) >= 11 is 0. The number of hydrogen-bond acceptors (Lipinski definition) is 2. The topological polar surface area (TPSA) is 29.3 Å². The van der Waals surface area contributed by atoms with E-state index in [1.807, 2.05) is 6.07 Å². The zero-order valence-electron chi connectivity index (χ0n) is 10.5. The molecule has 1 aromatic carbocycles. The summed E-state index contributed by atoms with van der Waals surface area (Å²) in [6.45, 7) is 2.51. The fraction of sp³-hybridized carbons (Fsp3) is 0.571. The van der Waals surface area contributed by atoms with E-state index in [9.17, 15) is 8.78 Å². The third-order valence-electron chi connectivity index (χ3n) is 3.60. The van der Waals surface area contributed by atoms with Gasteiger partial charge in [0.2, 0.25) is 0 Å². The Labute approximate surface area is 107 Å². The molecule has 0 radical (unpaired) electrons. The van der Waals surface area contributed by atoms with Crippen LogP contribution in [0.5, 0.6) is 0 Å². The van der Waals surface area contributed by atoms with Gasteiger partial charge in [-0.05, 0) is 37.6 Å². The number of hydrogen-bond donors (Lipinski definition) is 1. The normalized spacial score (nSPS) is 19.1. The highest BCUT2D eigenvalue weighted by molar-refractivity contribution is 5.27. The van der Waals surface area contributed by atoms with Crippen LogP contribution in [0.25, 0.3) is 0 Å². The van der Waals surface area contributed by atoms with E-state index in [0.717, 1.165) is 18.7 Å². The summed E-state index contributed by atoms with van der Waals surface area (Å²) in [4.78, 5) is 2.31. The Balaban J connectivity index is 2.18. The van der Waals surface area contributed by atoms with E-state index in [-0.39, 0.29) is 11.6 Å². The Morgan fingerprint density at radius 3 is 2.39 bits per heavy atom. The molecule has 0 bridgehead atoms. The molecule has 100 valence electrons. The van der Waals surface area contributed by atoms with Gasteiger partial charge < -0.3 is 5.73 Å². The lowest BCUT2D eigenvalue weighted by Gasteiger charge is -2.34. The van der Waals surface area contributed by atoms with Crippen LogP contribution < -0.4 is 5.73 Å². The SMILES string of the molecule is NCC(c1cccc(C(F)F)c1)N1CCCCC1. The molecule has 1 heterocycles. The van der Waals surface area contributed by atoms with E-state index in [1.165, 1.54) is 25.3 Å². The standard InChI is InChI=1S/C14H20F2N2/c15-14(16)12-6-4-5-11(9-12)13(10-17)18-7-2-1-3-8-18/h4-6,9,13-14H,1-3,7-8,10,17H2. The first kappa shape index (κ1) is 13.4. The minimum absolute atomic E-state index is 0.0731. The van der Waals surface area contributed by atoms with Crippen molar-refractivity contribution in [3.05, 3.63) is 35.4 Å². The average Bonchev–Trinajstić information content (AvgIpc) is 2.41. The van der Waals surface area contributed by atoms with Crippen molar-refractivity contribution in [2.24, 2.45) is 5.73 Å². The van der Waals surface area contributed by atoms with Crippen molar-refractivity contribution in [3.8, 4) is 0 Å². The third kappa shape index (κ3) is 3.06. The molecule has 2 rings (SSSR count). The lowest BCUT2D eigenvalue weighted by molar-refractivity contribution is 0.149. The second-order valence-electron chi connectivity index (χ2n) is 4.82. The van der Waals surface area contributed by atoms with E-state index in [0.29, 0.717) is 6.54 Å². The molecular weight excluding hydrogens is 234 g/mol. The molecule has 2 N–H and O–H groups in total. The number of benzene rings is 1. The second-order valence-corrected chi connectivity index (χ2v) is 4.82. The zero-order chi connectivity index (χ0) is 13.0. The van der Waals surface area contributed by atoms with Crippen LogP contribution in [0.15, 0.2) is 24.3 Å². The van der Waals surface area contributed by atoms with Crippen LogP contribution in [-0.4, -0.2) is 24.5 Å². The van der Waals surface area contributed by atoms with Crippen LogP contribution >= 0.6 is 0 Å². The van der Waals surface area contributed by atoms with Gasteiger partial charge in [0.1, 0.15) is 0 Å². The van der Waals surface area contributed by atoms with Gasteiger partial charge in [-0.15, -0.1) is 0 Å². The highest BCUT2D eigenvalue weighted by atomic mass is 19.3. The van der Waals surface area contributed by atoms with E-state index in [1.54, 1.807) is 12.1 Å². The Kier molecular flexibility index (Phi) is 4.66. The zero-order valence-corrected chi connectivity index (χ0v) is 10.5. The Bertz CT molecular complexity index is 376. The fourth-order valence-corrected chi connectivity index (χ4v) is 2.63. The maximum absolute atomic E-state index is 12.7. The minimum Gasteiger partial charge on any atom is -0.329 e. The molecule has 1 atom stereocenters. The molecule has 0 aliphatic carbocycles. The lowest BCUT2D eigenvalue weighted by atomic mass is 10.00. The quantitative estimate of drug-likeness (QED) is 0.894. The van der Waals surface area contributed by atoms with Crippen LogP contribution in [-0.2, 0) is 0 Å². The highest BCUT2D eigenvalue weighted by Crippen LogP contribution is 2.27. The second kappa shape index (κ2) is 6.25. The Morgan fingerprint density at radius 2 is 1.78 bits per heavy atom. The minimum atomic E-state index is -2.41. The molecule has 1 aromatic rings. The lowest BCUT2D eigenvalue weighted by Crippen LogP contribution is -2.37. The van der Waals surface area contributed by atoms with E-state index in [4.69, 9.17) is 5.73 Å². The van der Waals surface area contributed by atoms with Crippen molar-refractivity contribution >= 4 is 0 Å². The van der Waals surface area contributed by atoms with E-state index < -0.39 is 6.43 Å². The number of piperidine rings is 1. The van der Waals surface area contributed by atoms with Crippen LogP contribution in [0.3, 0.4) is 0 Å². The molecule has 1 fully saturated rings. The van der Waals surface area contributed by atoms with E-state index in [2.05, 4.69) is 4.90 Å². The van der Waals surface area contributed by atoms with Gasteiger partial charge in [-0.2, -0.15) is 0 Å². The summed E-state index contributed by atoms with van der Waals surface area (Å²) in [5.74, 6) is 0. The maximum atomic E-state index is 12.7. The first-order valence-electron chi connectivity index (χ1n) is 6.54. The molecule has 2 nitrogen and oxygen atoms in total. The van der Waals surface area contributed by atoms with Gasteiger partial charge in [0.15, 0.2) is 0 Å². The predicted octanol–water partition coefficient (Wildman–Crippen LogP) is 3.11. The summed E-state index contributed by atoms with van der Waals surface area (Å²) in [6, 6.07) is 6.74. The molecule has 1 aliphatic rings. The maximum Gasteiger partial charge on any atom is 0.263 e. The highest BCUT2D eigenvalue weighted by Gasteiger charge is 2.21. The Hall–Kier alpha value is -1.00. The van der Waals surface area contributed by atoms with Crippen molar-refractivity contribution < 1.29 is 8.78 Å². The molecule has 1 aliphatic heterocycles. The molecular formula is C14H20F2N2. The van der Waals surface area contributed by atoms with E-state index >= 15 is 0 Å². The van der Waals surface area contributed by atoms with Gasteiger partial charge in [0.25, 0.3) is 6.43 Å². The number of likely N-dealkylation sites (tertiary alicyclic amines) is 1. The summed E-state index contributed by atoms with van der Waals surface area (Å²) < 4.78 is 25.4. The van der Waals surface area contributed by atoms with Gasteiger partial charge in [0.05, 0.1) is 0 Å². The largest absolute Gasteiger partial charge is 0.329 e. The molecule has 18 heavy (non-hydrogen) atoms. The number of nitrogens with zero attached hydrogens (tertiary/aromatic N) is 1. The summed E-state index contributed by atoms with van der Waals surface area (Å²) in [5, 5.41) is 0. The van der Waals surface area contributed by atoms with Crippen LogP contribution in [0, 0.1) is 0 Å². The van der Waals surface area contributed by atoms with Crippen molar-refractivity contribution in [1.29, 1.82) is 0 Å². The fourth-order valence-electron chi connectivity index (χ4n) is 2.63. The first-order chi connectivity index (χ1) is 8.72. The van der Waals surface area contributed by atoms with Crippen molar-refractivity contribution in [2.75, 3.05) is 19.6 Å². The van der Waals surface area contributed by atoms with Crippen LogP contribution in [0.2, 0.25) is 0 Å². The Morgan fingerprint density at radius 1 is 1.11 bits per heavy atom. The first-order valence-corrected chi connectivity index (χ1v) is 6.54. The number of alkyl halides is 2. The number of halogens is 2. The molecule has 0 spiro atoms. The van der Waals surface area contributed by atoms with Gasteiger partial charge in [0, 0.05) is 18.2 Å². The summed E-state index contributed by atoms with van der Waals surface area (Å²) in [7, 11) is 0. The number of rotatable bonds is 4. The van der Waals surface area contributed by atoms with Crippen molar-refractivity contribution in [3.63, 3.8) is 0 Å². The molecule has 0 amide bonds. The van der Waals surface area contributed by atoms with Crippen molar-refractivity contribution in [1.82, 2.24) is 4.90 Å². The summed E-state index contributed by atoms with van der Waals surface area (Å²) in [6.07, 6.45) is 1.19. The van der Waals surface area contributed by atoms with Gasteiger partial charge in [-0.1, -0.05) is 24.6 Å². The molecule has 1 saturated heterocycles. The molecule has 4 heteroatoms. The van der Waals surface area contributed by atoms with Crippen LogP contribution in [0.4, 0.5) is 8.78 Å². The molecule has 0 saturated carbocycles. The average molecular weight is 254 g/mol. The summed E-state index contributed by atoms with van der Waals surface area (Å²) in [5.41, 5.74) is 6.83. The third-order valence-corrected chi connectivity index (χ3v) is 3.60. The van der Waals surface area contributed by atoms with Crippen molar-refractivity contribution in [2.45, 2.75) is 31.7 Å².